The van der Waals surface area contributed by atoms with Crippen LogP contribution in [-0.4, -0.2) is 15.7 Å². The number of carbonyl (C=O) groups excluding carboxylic acids is 1. The Bertz CT molecular complexity index is 611. The van der Waals surface area contributed by atoms with E-state index in [1.807, 2.05) is 0 Å². The van der Waals surface area contributed by atoms with E-state index >= 15 is 0 Å². The molecule has 6 heteroatoms. The van der Waals surface area contributed by atoms with E-state index in [0.29, 0.717) is 11.1 Å². The molecule has 0 saturated heterocycles. The molecule has 106 valence electrons. The molecule has 0 aliphatic heterocycles. The third-order valence-corrected chi connectivity index (χ3v) is 3.07. The molecule has 1 amide bonds. The number of amides is 1. The summed E-state index contributed by atoms with van der Waals surface area (Å²) in [6, 6.07) is 5.00. The van der Waals surface area contributed by atoms with E-state index < -0.39 is 6.04 Å². The number of aryl methyl sites for hydroxylation is 1. The molecular formula is C14H17FN4O. The van der Waals surface area contributed by atoms with Gasteiger partial charge in [0, 0.05) is 18.8 Å². The largest absolute Gasteiger partial charge is 0.348 e. The molecule has 0 bridgehead atoms. The second-order valence-corrected chi connectivity index (χ2v) is 4.71. The number of nitrogens with one attached hydrogen (secondary N) is 1. The minimum atomic E-state index is -0.792. The third kappa shape index (κ3) is 3.21. The van der Waals surface area contributed by atoms with Crippen molar-refractivity contribution in [1.29, 1.82) is 0 Å². The lowest BCUT2D eigenvalue weighted by Crippen LogP contribution is -2.35. The zero-order valence-corrected chi connectivity index (χ0v) is 11.4. The maximum atomic E-state index is 13.1. The lowest BCUT2D eigenvalue weighted by Gasteiger charge is -2.17. The summed E-state index contributed by atoms with van der Waals surface area (Å²) < 4.78 is 14.7. The summed E-state index contributed by atoms with van der Waals surface area (Å²) in [6.45, 7) is 1.78. The van der Waals surface area contributed by atoms with Crippen LogP contribution < -0.4 is 11.1 Å². The Balaban J connectivity index is 2.04. The predicted octanol–water partition coefficient (Wildman–Crippen LogP) is 1.44. The van der Waals surface area contributed by atoms with E-state index in [9.17, 15) is 9.18 Å². The number of rotatable bonds is 4. The van der Waals surface area contributed by atoms with Crippen molar-refractivity contribution in [3.8, 4) is 0 Å². The summed E-state index contributed by atoms with van der Waals surface area (Å²) in [5, 5.41) is 6.74. The summed E-state index contributed by atoms with van der Waals surface area (Å²) in [7, 11) is 1.75. The van der Waals surface area contributed by atoms with Gasteiger partial charge in [0.2, 0.25) is 5.91 Å². The Morgan fingerprint density at radius 3 is 2.80 bits per heavy atom. The van der Waals surface area contributed by atoms with Gasteiger partial charge in [0.05, 0.1) is 12.2 Å². The van der Waals surface area contributed by atoms with Crippen LogP contribution in [0.25, 0.3) is 0 Å². The first-order valence-electron chi connectivity index (χ1n) is 6.27. The van der Waals surface area contributed by atoms with Crippen molar-refractivity contribution < 1.29 is 9.18 Å². The fourth-order valence-corrected chi connectivity index (χ4v) is 1.91. The summed E-state index contributed by atoms with van der Waals surface area (Å²) in [4.78, 5) is 12.1. The maximum absolute atomic E-state index is 13.1. The maximum Gasteiger partial charge on any atom is 0.242 e. The molecule has 3 N–H and O–H groups in total. The second-order valence-electron chi connectivity index (χ2n) is 4.71. The van der Waals surface area contributed by atoms with Crippen LogP contribution in [0.1, 0.15) is 30.1 Å². The molecule has 0 radical (unpaired) electrons. The van der Waals surface area contributed by atoms with E-state index in [2.05, 4.69) is 10.4 Å². The number of nitrogens with two attached hydrogens (primary N) is 1. The summed E-state index contributed by atoms with van der Waals surface area (Å²) in [5.74, 6) is -0.657. The number of hydrogen-bond acceptors (Lipinski definition) is 3. The van der Waals surface area contributed by atoms with E-state index in [4.69, 9.17) is 5.73 Å². The normalized spacial score (nSPS) is 13.8. The molecule has 1 heterocycles. The highest BCUT2D eigenvalue weighted by Gasteiger charge is 2.19. The van der Waals surface area contributed by atoms with Crippen LogP contribution in [0.3, 0.4) is 0 Å². The highest BCUT2D eigenvalue weighted by atomic mass is 19.1. The molecule has 0 saturated carbocycles. The number of nitrogens with zero attached hydrogens (tertiary/aromatic N) is 2. The van der Waals surface area contributed by atoms with Crippen molar-refractivity contribution in [2.45, 2.75) is 19.0 Å². The molecule has 0 spiro atoms. The topological polar surface area (TPSA) is 72.9 Å². The van der Waals surface area contributed by atoms with Crippen LogP contribution in [0, 0.1) is 5.82 Å². The standard InChI is InChI=1S/C14H17FN4O/c1-9(10-4-3-5-12(15)6-10)18-14(20)13(16)11-7-17-19(2)8-11/h3-9,13H,16H2,1-2H3,(H,18,20). The highest BCUT2D eigenvalue weighted by molar-refractivity contribution is 5.83. The smallest absolute Gasteiger partial charge is 0.242 e. The molecule has 2 atom stereocenters. The van der Waals surface area contributed by atoms with Gasteiger partial charge in [-0.2, -0.15) is 5.10 Å². The highest BCUT2D eigenvalue weighted by Crippen LogP contribution is 2.15. The first kappa shape index (κ1) is 14.2. The van der Waals surface area contributed by atoms with Crippen molar-refractivity contribution >= 4 is 5.91 Å². The van der Waals surface area contributed by atoms with Crippen LogP contribution in [0.5, 0.6) is 0 Å². The minimum Gasteiger partial charge on any atom is -0.348 e. The van der Waals surface area contributed by atoms with Crippen molar-refractivity contribution in [3.05, 3.63) is 53.6 Å². The van der Waals surface area contributed by atoms with Crippen LogP contribution in [0.4, 0.5) is 4.39 Å². The Morgan fingerprint density at radius 1 is 1.45 bits per heavy atom. The van der Waals surface area contributed by atoms with Gasteiger partial charge in [-0.1, -0.05) is 12.1 Å². The molecule has 20 heavy (non-hydrogen) atoms. The average Bonchev–Trinajstić information content (AvgIpc) is 2.84. The van der Waals surface area contributed by atoms with Crippen LogP contribution >= 0.6 is 0 Å². The zero-order chi connectivity index (χ0) is 14.7. The molecule has 1 aromatic heterocycles. The van der Waals surface area contributed by atoms with E-state index in [1.54, 1.807) is 43.2 Å². The number of aromatic nitrogens is 2. The average molecular weight is 276 g/mol. The number of hydrogen-bond donors (Lipinski definition) is 2. The fourth-order valence-electron chi connectivity index (χ4n) is 1.91. The van der Waals surface area contributed by atoms with Gasteiger partial charge in [0.15, 0.2) is 0 Å². The van der Waals surface area contributed by atoms with E-state index in [0.717, 1.165) is 0 Å². The first-order chi connectivity index (χ1) is 9.47. The van der Waals surface area contributed by atoms with Crippen molar-refractivity contribution in [2.75, 3.05) is 0 Å². The number of halogens is 1. The van der Waals surface area contributed by atoms with E-state index in [1.165, 1.54) is 12.1 Å². The predicted molar refractivity (Wildman–Crippen MR) is 73.1 cm³/mol. The Labute approximate surface area is 116 Å². The van der Waals surface area contributed by atoms with Gasteiger partial charge in [-0.15, -0.1) is 0 Å². The Kier molecular flexibility index (Phi) is 4.14. The summed E-state index contributed by atoms with van der Waals surface area (Å²) in [6.07, 6.45) is 3.24. The lowest BCUT2D eigenvalue weighted by atomic mass is 10.1. The third-order valence-electron chi connectivity index (χ3n) is 3.07. The first-order valence-corrected chi connectivity index (χ1v) is 6.27. The van der Waals surface area contributed by atoms with Crippen LogP contribution in [0.2, 0.25) is 0 Å². The van der Waals surface area contributed by atoms with Gasteiger partial charge in [0.25, 0.3) is 0 Å². The molecule has 1 aromatic carbocycles. The molecule has 5 nitrogen and oxygen atoms in total. The molecule has 2 unspecified atom stereocenters. The lowest BCUT2D eigenvalue weighted by molar-refractivity contribution is -0.123. The van der Waals surface area contributed by atoms with Gasteiger partial charge < -0.3 is 11.1 Å². The monoisotopic (exact) mass is 276 g/mol. The molecule has 0 fully saturated rings. The Morgan fingerprint density at radius 2 is 2.20 bits per heavy atom. The van der Waals surface area contributed by atoms with Crippen LogP contribution in [-0.2, 0) is 11.8 Å². The van der Waals surface area contributed by atoms with Gasteiger partial charge in [0.1, 0.15) is 11.9 Å². The van der Waals surface area contributed by atoms with Gasteiger partial charge in [-0.05, 0) is 24.6 Å². The minimum absolute atomic E-state index is 0.319. The number of benzene rings is 1. The summed E-state index contributed by atoms with van der Waals surface area (Å²) in [5.41, 5.74) is 7.20. The molecule has 2 rings (SSSR count). The van der Waals surface area contributed by atoms with Gasteiger partial charge >= 0.3 is 0 Å². The Hall–Kier alpha value is -2.21. The SMILES string of the molecule is CC(NC(=O)C(N)c1cnn(C)c1)c1cccc(F)c1. The van der Waals surface area contributed by atoms with Gasteiger partial charge in [-0.25, -0.2) is 4.39 Å². The molecule has 2 aromatic rings. The molecule has 0 aliphatic carbocycles. The molecule has 0 aliphatic rings. The number of carbonyl (C=O) groups is 1. The molecular weight excluding hydrogens is 259 g/mol. The quantitative estimate of drug-likeness (QED) is 0.887. The second kappa shape index (κ2) is 5.83. The van der Waals surface area contributed by atoms with Crippen LogP contribution in [0.15, 0.2) is 36.7 Å². The van der Waals surface area contributed by atoms with Crippen molar-refractivity contribution in [3.63, 3.8) is 0 Å². The fraction of sp³-hybridized carbons (Fsp3) is 0.286. The van der Waals surface area contributed by atoms with Gasteiger partial charge in [-0.3, -0.25) is 9.48 Å². The summed E-state index contributed by atoms with van der Waals surface area (Å²) >= 11 is 0. The zero-order valence-electron chi connectivity index (χ0n) is 11.4. The van der Waals surface area contributed by atoms with E-state index in [-0.39, 0.29) is 17.8 Å². The van der Waals surface area contributed by atoms with Crippen molar-refractivity contribution in [1.82, 2.24) is 15.1 Å². The van der Waals surface area contributed by atoms with Crippen molar-refractivity contribution in [2.24, 2.45) is 12.8 Å².